The van der Waals surface area contributed by atoms with Crippen LogP contribution in [-0.4, -0.2) is 87.5 Å². The highest BCUT2D eigenvalue weighted by Crippen LogP contribution is 2.23. The van der Waals surface area contributed by atoms with E-state index in [0.717, 1.165) is 38.5 Å². The van der Waals surface area contributed by atoms with Crippen LogP contribution in [0.25, 0.3) is 0 Å². The first-order valence-corrected chi connectivity index (χ1v) is 25.9. The molecule has 1 amide bonds. The van der Waals surface area contributed by atoms with Crippen molar-refractivity contribution in [2.24, 2.45) is 0 Å². The van der Waals surface area contributed by atoms with Crippen molar-refractivity contribution >= 4 is 5.91 Å². The maximum absolute atomic E-state index is 12.9. The monoisotopic (exact) mass is 854 g/mol. The van der Waals surface area contributed by atoms with Crippen LogP contribution in [0.15, 0.2) is 12.2 Å². The molecule has 7 atom stereocenters. The minimum Gasteiger partial charge on any atom is -0.394 e. The van der Waals surface area contributed by atoms with E-state index in [1.54, 1.807) is 0 Å². The first kappa shape index (κ1) is 56.9. The first-order chi connectivity index (χ1) is 29.3. The van der Waals surface area contributed by atoms with Crippen molar-refractivity contribution in [2.45, 2.75) is 294 Å². The van der Waals surface area contributed by atoms with Crippen LogP contribution < -0.4 is 5.32 Å². The number of aliphatic hydroxyl groups excluding tert-OH is 5. The van der Waals surface area contributed by atoms with Crippen LogP contribution in [0.4, 0.5) is 0 Å². The Bertz CT molecular complexity index is 950. The summed E-state index contributed by atoms with van der Waals surface area (Å²) in [5.74, 6) is -0.146. The highest BCUT2D eigenvalue weighted by molar-refractivity contribution is 5.76. The van der Waals surface area contributed by atoms with Gasteiger partial charge >= 0.3 is 0 Å². The second-order valence-electron chi connectivity index (χ2n) is 18.3. The number of carbonyl (C=O) groups excluding carboxylic acids is 1. The Morgan fingerprint density at radius 1 is 0.550 bits per heavy atom. The van der Waals surface area contributed by atoms with Crippen molar-refractivity contribution in [3.05, 3.63) is 12.2 Å². The van der Waals surface area contributed by atoms with Gasteiger partial charge in [-0.05, 0) is 38.5 Å². The van der Waals surface area contributed by atoms with Crippen molar-refractivity contribution in [3.63, 3.8) is 0 Å². The standard InChI is InChI=1S/C51H99NO8/c1-3-5-7-9-11-12-13-14-15-16-17-18-19-20-21-22-23-24-25-26-27-28-29-30-31-32-33-34-35-37-39-41-47(55)52-44(45(54)40-38-36-10-8-6-4-2)43-59-51-50(58)49(57)48(56)46(42-53)60-51/h16-17,44-46,48-51,53-54,56-58H,3-15,18-43H2,1-2H3,(H,52,55)/b17-16-. The summed E-state index contributed by atoms with van der Waals surface area (Å²) in [5, 5.41) is 54.0. The lowest BCUT2D eigenvalue weighted by Crippen LogP contribution is -2.60. The molecule has 9 nitrogen and oxygen atoms in total. The molecule has 1 aliphatic heterocycles. The lowest BCUT2D eigenvalue weighted by molar-refractivity contribution is -0.302. The normalized spacial score (nSPS) is 20.6. The quantitative estimate of drug-likeness (QED) is 0.0262. The van der Waals surface area contributed by atoms with E-state index < -0.39 is 49.5 Å². The molecule has 0 aromatic carbocycles. The van der Waals surface area contributed by atoms with E-state index in [0.29, 0.717) is 12.8 Å². The molecule has 0 aromatic rings. The molecule has 0 aromatic heterocycles. The summed E-state index contributed by atoms with van der Waals surface area (Å²) in [7, 11) is 0. The van der Waals surface area contributed by atoms with E-state index >= 15 is 0 Å². The molecule has 0 saturated carbocycles. The van der Waals surface area contributed by atoms with Gasteiger partial charge in [-0.25, -0.2) is 0 Å². The predicted molar refractivity (Wildman–Crippen MR) is 249 cm³/mol. The molecule has 1 aliphatic rings. The number of nitrogens with one attached hydrogen (secondary N) is 1. The molecule has 1 fully saturated rings. The van der Waals surface area contributed by atoms with Gasteiger partial charge in [-0.1, -0.05) is 219 Å². The number of hydrogen-bond donors (Lipinski definition) is 6. The third kappa shape index (κ3) is 31.7. The van der Waals surface area contributed by atoms with Crippen LogP contribution in [0.5, 0.6) is 0 Å². The summed E-state index contributed by atoms with van der Waals surface area (Å²) in [6.45, 7) is 3.78. The zero-order valence-electron chi connectivity index (χ0n) is 39.2. The fraction of sp³-hybridized carbons (Fsp3) is 0.941. The zero-order chi connectivity index (χ0) is 43.7. The Morgan fingerprint density at radius 3 is 1.35 bits per heavy atom. The molecule has 9 heteroatoms. The minimum absolute atomic E-state index is 0.135. The molecule has 0 radical (unpaired) electrons. The lowest BCUT2D eigenvalue weighted by Gasteiger charge is -2.40. The fourth-order valence-electron chi connectivity index (χ4n) is 8.45. The van der Waals surface area contributed by atoms with Crippen LogP contribution in [-0.2, 0) is 14.3 Å². The third-order valence-corrected chi connectivity index (χ3v) is 12.6. The van der Waals surface area contributed by atoms with Crippen LogP contribution in [0.2, 0.25) is 0 Å². The van der Waals surface area contributed by atoms with Gasteiger partial charge in [0.25, 0.3) is 0 Å². The first-order valence-electron chi connectivity index (χ1n) is 25.9. The van der Waals surface area contributed by atoms with Crippen molar-refractivity contribution in [1.29, 1.82) is 0 Å². The van der Waals surface area contributed by atoms with E-state index in [4.69, 9.17) is 9.47 Å². The average Bonchev–Trinajstić information content (AvgIpc) is 3.25. The number of unbranched alkanes of at least 4 members (excludes halogenated alkanes) is 32. The molecule has 0 spiro atoms. The van der Waals surface area contributed by atoms with Crippen LogP contribution in [0, 0.1) is 0 Å². The van der Waals surface area contributed by atoms with E-state index in [-0.39, 0.29) is 12.5 Å². The molecule has 0 bridgehead atoms. The van der Waals surface area contributed by atoms with E-state index in [1.165, 1.54) is 186 Å². The predicted octanol–water partition coefficient (Wildman–Crippen LogP) is 11.7. The van der Waals surface area contributed by atoms with Crippen molar-refractivity contribution < 1.29 is 39.8 Å². The van der Waals surface area contributed by atoms with Gasteiger partial charge in [0.2, 0.25) is 5.91 Å². The Balaban J connectivity index is 2.02. The number of rotatable bonds is 44. The summed E-state index contributed by atoms with van der Waals surface area (Å²) in [6.07, 6.45) is 42.9. The van der Waals surface area contributed by atoms with E-state index in [9.17, 15) is 30.3 Å². The maximum atomic E-state index is 12.9. The van der Waals surface area contributed by atoms with Crippen molar-refractivity contribution in [3.8, 4) is 0 Å². The molecular weight excluding hydrogens is 755 g/mol. The second-order valence-corrected chi connectivity index (χ2v) is 18.3. The smallest absolute Gasteiger partial charge is 0.220 e. The summed E-state index contributed by atoms with van der Waals surface area (Å²) < 4.78 is 11.2. The number of amides is 1. The van der Waals surface area contributed by atoms with Gasteiger partial charge in [0.15, 0.2) is 6.29 Å². The zero-order valence-corrected chi connectivity index (χ0v) is 39.2. The summed E-state index contributed by atoms with van der Waals surface area (Å²) >= 11 is 0. The van der Waals surface area contributed by atoms with Gasteiger partial charge in [0.05, 0.1) is 25.4 Å². The van der Waals surface area contributed by atoms with Crippen molar-refractivity contribution in [1.82, 2.24) is 5.32 Å². The average molecular weight is 854 g/mol. The number of aliphatic hydroxyl groups is 5. The maximum Gasteiger partial charge on any atom is 0.220 e. The molecule has 6 N–H and O–H groups in total. The topological polar surface area (TPSA) is 149 Å². The van der Waals surface area contributed by atoms with Crippen LogP contribution in [0.3, 0.4) is 0 Å². The Hall–Kier alpha value is -1.07. The van der Waals surface area contributed by atoms with Crippen LogP contribution in [0.1, 0.15) is 251 Å². The molecule has 60 heavy (non-hydrogen) atoms. The number of allylic oxidation sites excluding steroid dienone is 2. The molecule has 0 aliphatic carbocycles. The number of ether oxygens (including phenoxy) is 2. The highest BCUT2D eigenvalue weighted by atomic mass is 16.7. The Labute approximate surface area is 369 Å². The molecule has 1 saturated heterocycles. The van der Waals surface area contributed by atoms with Gasteiger partial charge in [-0.2, -0.15) is 0 Å². The summed E-state index contributed by atoms with van der Waals surface area (Å²) in [5.41, 5.74) is 0. The second kappa shape index (κ2) is 41.9. The highest BCUT2D eigenvalue weighted by Gasteiger charge is 2.44. The summed E-state index contributed by atoms with van der Waals surface area (Å²) in [4.78, 5) is 12.9. The fourth-order valence-corrected chi connectivity index (χ4v) is 8.45. The molecule has 1 heterocycles. The van der Waals surface area contributed by atoms with Gasteiger partial charge < -0.3 is 40.3 Å². The van der Waals surface area contributed by atoms with Gasteiger partial charge in [0, 0.05) is 6.42 Å². The Morgan fingerprint density at radius 2 is 0.933 bits per heavy atom. The van der Waals surface area contributed by atoms with E-state index in [1.807, 2.05) is 0 Å². The van der Waals surface area contributed by atoms with E-state index in [2.05, 4.69) is 31.3 Å². The Kier molecular flexibility index (Phi) is 39.8. The summed E-state index contributed by atoms with van der Waals surface area (Å²) in [6, 6.07) is -0.711. The molecule has 1 rings (SSSR count). The van der Waals surface area contributed by atoms with Crippen LogP contribution >= 0.6 is 0 Å². The van der Waals surface area contributed by atoms with Gasteiger partial charge in [0.1, 0.15) is 24.4 Å². The van der Waals surface area contributed by atoms with Crippen molar-refractivity contribution in [2.75, 3.05) is 13.2 Å². The molecule has 356 valence electrons. The van der Waals surface area contributed by atoms with Gasteiger partial charge in [-0.3, -0.25) is 4.79 Å². The van der Waals surface area contributed by atoms with Gasteiger partial charge in [-0.15, -0.1) is 0 Å². The number of carbonyl (C=O) groups is 1. The lowest BCUT2D eigenvalue weighted by atomic mass is 9.99. The molecular formula is C51H99NO8. The SMILES string of the molecule is CCCCCCCCCC/C=C\CCCCCCCCCCCCCCCCCCCCCC(=O)NC(COC1OC(CO)C(O)C(O)C1O)C(O)CCCCCCCC. The number of hydrogen-bond acceptors (Lipinski definition) is 8. The minimum atomic E-state index is -1.55. The third-order valence-electron chi connectivity index (χ3n) is 12.6. The molecule has 7 unspecified atom stereocenters. The largest absolute Gasteiger partial charge is 0.394 e.